The Morgan fingerprint density at radius 3 is 1.44 bits per heavy atom. The van der Waals surface area contributed by atoms with Gasteiger partial charge in [0.15, 0.2) is 0 Å². The first-order chi connectivity index (χ1) is 31.2. The van der Waals surface area contributed by atoms with E-state index < -0.39 is 0 Å². The molecule has 2 nitrogen and oxygen atoms in total. The van der Waals surface area contributed by atoms with E-state index in [2.05, 4.69) is 235 Å². The summed E-state index contributed by atoms with van der Waals surface area (Å²) in [6.07, 6.45) is 0.725. The minimum absolute atomic E-state index is 0.725. The van der Waals surface area contributed by atoms with Crippen molar-refractivity contribution in [3.8, 4) is 72.4 Å². The zero-order valence-electron chi connectivity index (χ0n) is 34.8. The smallest absolute Gasteiger partial charge is 0.0582 e. The van der Waals surface area contributed by atoms with Gasteiger partial charge in [-0.15, -0.1) is 0 Å². The van der Waals surface area contributed by atoms with Crippen LogP contribution in [-0.4, -0.2) is 4.57 Å². The molecule has 1 heterocycles. The number of benzene rings is 10. The third-order valence-corrected chi connectivity index (χ3v) is 12.5. The van der Waals surface area contributed by atoms with Crippen molar-refractivity contribution in [2.45, 2.75) is 6.42 Å². The quantitative estimate of drug-likeness (QED) is 0.145. The summed E-state index contributed by atoms with van der Waals surface area (Å²) < 4.78 is 2.44. The normalized spacial score (nSPS) is 11.3. The Morgan fingerprint density at radius 1 is 0.317 bits per heavy atom. The van der Waals surface area contributed by atoms with Crippen molar-refractivity contribution in [3.05, 3.63) is 254 Å². The Bertz CT molecular complexity index is 3400. The van der Waals surface area contributed by atoms with E-state index in [0.717, 1.165) is 28.9 Å². The highest BCUT2D eigenvalue weighted by Gasteiger charge is 2.21. The monoisotopic (exact) mass is 804 g/mol. The Kier molecular flexibility index (Phi) is 9.80. The van der Waals surface area contributed by atoms with Crippen molar-refractivity contribution in [2.24, 2.45) is 0 Å². The molecule has 0 fully saturated rings. The number of aromatic nitrogens is 1. The number of anilines is 1. The average molecular weight is 805 g/mol. The SMILES string of the molecule is Nc1ccccc1-c1ccc2c3ccccc3n(-c3ccccc3)c2c1Cc1ccccc1-c1ccc(-c2ccc(-c3cccc(-c4cccc(-c5ccccc5)c4)c3)cc2)cc1. The highest BCUT2D eigenvalue weighted by molar-refractivity contribution is 6.12. The van der Waals surface area contributed by atoms with Gasteiger partial charge in [0.1, 0.15) is 0 Å². The summed E-state index contributed by atoms with van der Waals surface area (Å²) in [4.78, 5) is 0. The van der Waals surface area contributed by atoms with Crippen molar-refractivity contribution < 1.29 is 0 Å². The van der Waals surface area contributed by atoms with E-state index in [0.29, 0.717) is 0 Å². The summed E-state index contributed by atoms with van der Waals surface area (Å²) in [6, 6.07) is 87.4. The van der Waals surface area contributed by atoms with Crippen molar-refractivity contribution in [1.82, 2.24) is 4.57 Å². The Hall–Kier alpha value is -8.20. The third kappa shape index (κ3) is 7.18. The van der Waals surface area contributed by atoms with E-state index in [1.807, 2.05) is 12.1 Å². The number of hydrogen-bond acceptors (Lipinski definition) is 1. The molecule has 0 aliphatic heterocycles. The van der Waals surface area contributed by atoms with E-state index in [4.69, 9.17) is 5.73 Å². The molecule has 0 saturated carbocycles. The van der Waals surface area contributed by atoms with Gasteiger partial charge in [0.25, 0.3) is 0 Å². The van der Waals surface area contributed by atoms with Crippen LogP contribution in [0.5, 0.6) is 0 Å². The number of nitrogens with two attached hydrogens (primary N) is 1. The number of nitrogen functional groups attached to an aromatic ring is 1. The highest BCUT2D eigenvalue weighted by Crippen LogP contribution is 2.42. The summed E-state index contributed by atoms with van der Waals surface area (Å²) >= 11 is 0. The van der Waals surface area contributed by atoms with E-state index in [9.17, 15) is 0 Å². The molecule has 0 atom stereocenters. The molecule has 0 saturated heterocycles. The van der Waals surface area contributed by atoms with Gasteiger partial charge in [-0.3, -0.25) is 0 Å². The molecule has 0 aliphatic carbocycles. The molecule has 0 spiro atoms. The molecule has 2 N–H and O–H groups in total. The van der Waals surface area contributed by atoms with E-state index in [-0.39, 0.29) is 0 Å². The molecule has 63 heavy (non-hydrogen) atoms. The van der Waals surface area contributed by atoms with Crippen LogP contribution in [0.4, 0.5) is 5.69 Å². The van der Waals surface area contributed by atoms with Gasteiger partial charge in [-0.25, -0.2) is 0 Å². The number of para-hydroxylation sites is 3. The first-order valence-electron chi connectivity index (χ1n) is 21.7. The molecule has 10 aromatic carbocycles. The van der Waals surface area contributed by atoms with Gasteiger partial charge in [-0.1, -0.05) is 206 Å². The minimum atomic E-state index is 0.725. The lowest BCUT2D eigenvalue weighted by atomic mass is 9.88. The van der Waals surface area contributed by atoms with Crippen molar-refractivity contribution >= 4 is 27.5 Å². The maximum absolute atomic E-state index is 6.75. The van der Waals surface area contributed by atoms with Crippen LogP contribution >= 0.6 is 0 Å². The highest BCUT2D eigenvalue weighted by atomic mass is 15.0. The Labute approximate surface area is 368 Å². The topological polar surface area (TPSA) is 30.9 Å². The van der Waals surface area contributed by atoms with Gasteiger partial charge in [0, 0.05) is 34.1 Å². The number of nitrogens with zero attached hydrogens (tertiary/aromatic N) is 1. The Balaban J connectivity index is 0.927. The van der Waals surface area contributed by atoms with Gasteiger partial charge in [0.2, 0.25) is 0 Å². The largest absolute Gasteiger partial charge is 0.398 e. The number of hydrogen-bond donors (Lipinski definition) is 1. The third-order valence-electron chi connectivity index (χ3n) is 12.5. The maximum atomic E-state index is 6.75. The second-order valence-electron chi connectivity index (χ2n) is 16.3. The first-order valence-corrected chi connectivity index (χ1v) is 21.7. The van der Waals surface area contributed by atoms with Crippen LogP contribution < -0.4 is 5.73 Å². The lowest BCUT2D eigenvalue weighted by Crippen LogP contribution is -2.02. The van der Waals surface area contributed by atoms with Gasteiger partial charge >= 0.3 is 0 Å². The zero-order valence-corrected chi connectivity index (χ0v) is 34.8. The second-order valence-corrected chi connectivity index (χ2v) is 16.3. The van der Waals surface area contributed by atoms with Crippen molar-refractivity contribution in [2.75, 3.05) is 5.73 Å². The van der Waals surface area contributed by atoms with Gasteiger partial charge in [-0.05, 0) is 109 Å². The average Bonchev–Trinajstić information content (AvgIpc) is 3.70. The summed E-state index contributed by atoms with van der Waals surface area (Å²) in [5.74, 6) is 0. The van der Waals surface area contributed by atoms with Crippen molar-refractivity contribution in [3.63, 3.8) is 0 Å². The number of rotatable bonds is 9. The van der Waals surface area contributed by atoms with Crippen LogP contribution in [0.25, 0.3) is 94.3 Å². The fourth-order valence-electron chi connectivity index (χ4n) is 9.38. The zero-order chi connectivity index (χ0) is 42.1. The predicted molar refractivity (Wildman–Crippen MR) is 267 cm³/mol. The second kappa shape index (κ2) is 16.3. The molecule has 0 aliphatic rings. The molecule has 298 valence electrons. The summed E-state index contributed by atoms with van der Waals surface area (Å²) in [7, 11) is 0. The van der Waals surface area contributed by atoms with E-state index >= 15 is 0 Å². The molecule has 0 amide bonds. The van der Waals surface area contributed by atoms with E-state index in [1.54, 1.807) is 0 Å². The van der Waals surface area contributed by atoms with Crippen LogP contribution in [0.3, 0.4) is 0 Å². The molecular weight excluding hydrogens is 761 g/mol. The lowest BCUT2D eigenvalue weighted by molar-refractivity contribution is 1.13. The fraction of sp³-hybridized carbons (Fsp3) is 0.0164. The van der Waals surface area contributed by atoms with Gasteiger partial charge in [0.05, 0.1) is 11.0 Å². The Morgan fingerprint density at radius 2 is 0.794 bits per heavy atom. The van der Waals surface area contributed by atoms with Crippen LogP contribution in [0, 0.1) is 0 Å². The minimum Gasteiger partial charge on any atom is -0.398 e. The molecule has 0 unspecified atom stereocenters. The lowest BCUT2D eigenvalue weighted by Gasteiger charge is -2.18. The summed E-state index contributed by atoms with van der Waals surface area (Å²) in [6.45, 7) is 0. The molecule has 11 aromatic rings. The molecule has 11 rings (SSSR count). The van der Waals surface area contributed by atoms with Crippen LogP contribution in [0.1, 0.15) is 11.1 Å². The van der Waals surface area contributed by atoms with Crippen LogP contribution in [0.2, 0.25) is 0 Å². The molecule has 0 bridgehead atoms. The van der Waals surface area contributed by atoms with Crippen LogP contribution in [0.15, 0.2) is 243 Å². The predicted octanol–water partition coefficient (Wildman–Crippen LogP) is 16.0. The van der Waals surface area contributed by atoms with Crippen LogP contribution in [-0.2, 0) is 6.42 Å². The molecule has 0 radical (unpaired) electrons. The molecule has 2 heteroatoms. The first kappa shape index (κ1) is 37.8. The molecule has 1 aromatic heterocycles. The number of fused-ring (bicyclic) bond motifs is 3. The summed E-state index contributed by atoms with van der Waals surface area (Å²) in [5.41, 5.74) is 27.8. The van der Waals surface area contributed by atoms with E-state index in [1.165, 1.54) is 88.6 Å². The van der Waals surface area contributed by atoms with Gasteiger partial charge < -0.3 is 10.3 Å². The standard InChI is InChI=1S/C61H44N2/c62-59-27-11-9-25-55(59)54-37-38-57-56-26-10-12-28-60(56)63(52-22-5-2-6-23-52)61(57)58(54)41-51-17-7-8-24-53(51)46-35-33-44(34-36-46)43-29-31-45(32-30-43)48-19-14-21-50(40-48)49-20-13-18-47(39-49)42-15-3-1-4-16-42/h1-40H,41,62H2. The maximum Gasteiger partial charge on any atom is 0.0582 e. The summed E-state index contributed by atoms with van der Waals surface area (Å²) in [5, 5.41) is 2.47. The molecular formula is C61H44N2. The fourth-order valence-corrected chi connectivity index (χ4v) is 9.38. The van der Waals surface area contributed by atoms with Gasteiger partial charge in [-0.2, -0.15) is 0 Å². The van der Waals surface area contributed by atoms with Crippen molar-refractivity contribution in [1.29, 1.82) is 0 Å².